The fourth-order valence-corrected chi connectivity index (χ4v) is 2.11. The molecule has 0 saturated heterocycles. The molecule has 0 amide bonds. The highest BCUT2D eigenvalue weighted by Gasteiger charge is 2.09. The molecule has 3 rings (SSSR count). The Hall–Kier alpha value is -2.63. The smallest absolute Gasteiger partial charge is 0.335 e. The highest BCUT2D eigenvalue weighted by atomic mass is 16.5. The maximum absolute atomic E-state index is 10.9. The van der Waals surface area contributed by atoms with Crippen molar-refractivity contribution in [3.8, 4) is 0 Å². The lowest BCUT2D eigenvalue weighted by molar-refractivity contribution is 0.0697. The molecule has 3 aromatic rings. The first-order valence-corrected chi connectivity index (χ1v) is 6.31. The summed E-state index contributed by atoms with van der Waals surface area (Å²) in [5.41, 5.74) is 1.22. The fourth-order valence-electron chi connectivity index (χ4n) is 2.11. The van der Waals surface area contributed by atoms with Crippen molar-refractivity contribution in [2.75, 3.05) is 0 Å². The molecule has 0 fully saturated rings. The largest absolute Gasteiger partial charge is 0.478 e. The van der Waals surface area contributed by atoms with E-state index in [4.69, 9.17) is 9.63 Å². The van der Waals surface area contributed by atoms with Gasteiger partial charge in [-0.2, -0.15) is 4.98 Å². The molecule has 2 aromatic heterocycles. The first-order valence-electron chi connectivity index (χ1n) is 6.31. The van der Waals surface area contributed by atoms with Crippen molar-refractivity contribution in [2.24, 2.45) is 0 Å². The molecule has 0 aliphatic rings. The van der Waals surface area contributed by atoms with Gasteiger partial charge in [-0.05, 0) is 24.3 Å². The van der Waals surface area contributed by atoms with Crippen LogP contribution < -0.4 is 0 Å². The van der Waals surface area contributed by atoms with Gasteiger partial charge in [0.05, 0.1) is 5.56 Å². The minimum Gasteiger partial charge on any atom is -0.478 e. The first-order chi connectivity index (χ1) is 9.67. The normalized spacial score (nSPS) is 11.1. The minimum atomic E-state index is -0.927. The molecule has 1 N–H and O–H groups in total. The summed E-state index contributed by atoms with van der Waals surface area (Å²) in [6.45, 7) is 2.44. The van der Waals surface area contributed by atoms with E-state index < -0.39 is 5.97 Å². The van der Waals surface area contributed by atoms with Crippen LogP contribution in [-0.4, -0.2) is 25.8 Å². The quantitative estimate of drug-likeness (QED) is 0.787. The molecular formula is C14H13N3O3. The molecular weight excluding hydrogens is 258 g/mol. The van der Waals surface area contributed by atoms with E-state index >= 15 is 0 Å². The van der Waals surface area contributed by atoms with Gasteiger partial charge in [-0.1, -0.05) is 12.1 Å². The number of hydrogen-bond donors (Lipinski definition) is 1. The zero-order valence-corrected chi connectivity index (χ0v) is 10.9. The van der Waals surface area contributed by atoms with E-state index in [2.05, 4.69) is 10.1 Å². The molecule has 6 heteroatoms. The van der Waals surface area contributed by atoms with Crippen LogP contribution in [0.1, 0.15) is 29.0 Å². The molecule has 102 valence electrons. The number of hydrogen-bond acceptors (Lipinski definition) is 4. The second-order valence-electron chi connectivity index (χ2n) is 4.48. The summed E-state index contributed by atoms with van der Waals surface area (Å²) < 4.78 is 7.12. The number of carboxylic acid groups (broad SMARTS) is 1. The number of nitrogens with zero attached hydrogens (tertiary/aromatic N) is 3. The number of aromatic carboxylic acids is 1. The average Bonchev–Trinajstić information content (AvgIpc) is 3.06. The molecule has 1 aromatic carbocycles. The molecule has 0 spiro atoms. The Morgan fingerprint density at radius 3 is 2.95 bits per heavy atom. The molecule has 0 aliphatic carbocycles. The van der Waals surface area contributed by atoms with E-state index in [-0.39, 0.29) is 5.56 Å². The monoisotopic (exact) mass is 271 g/mol. The van der Waals surface area contributed by atoms with Crippen molar-refractivity contribution in [1.29, 1.82) is 0 Å². The fraction of sp³-hybridized carbons (Fsp3) is 0.214. The van der Waals surface area contributed by atoms with E-state index in [0.29, 0.717) is 18.3 Å². The van der Waals surface area contributed by atoms with Crippen LogP contribution >= 0.6 is 0 Å². The Labute approximate surface area is 114 Å². The van der Waals surface area contributed by atoms with E-state index in [1.54, 1.807) is 18.2 Å². The topological polar surface area (TPSA) is 81.2 Å². The van der Waals surface area contributed by atoms with Crippen LogP contribution in [0.5, 0.6) is 0 Å². The van der Waals surface area contributed by atoms with E-state index in [1.807, 2.05) is 23.8 Å². The summed E-state index contributed by atoms with van der Waals surface area (Å²) >= 11 is 0. The van der Waals surface area contributed by atoms with Gasteiger partial charge in [-0.15, -0.1) is 0 Å². The van der Waals surface area contributed by atoms with Gasteiger partial charge in [-0.25, -0.2) is 4.79 Å². The van der Waals surface area contributed by atoms with Gasteiger partial charge in [0.1, 0.15) is 6.54 Å². The van der Waals surface area contributed by atoms with Gasteiger partial charge < -0.3 is 14.2 Å². The van der Waals surface area contributed by atoms with Crippen molar-refractivity contribution in [3.05, 3.63) is 47.7 Å². The van der Waals surface area contributed by atoms with Crippen molar-refractivity contribution >= 4 is 16.9 Å². The molecule has 0 aliphatic heterocycles. The Morgan fingerprint density at radius 2 is 2.25 bits per heavy atom. The Morgan fingerprint density at radius 1 is 1.40 bits per heavy atom. The summed E-state index contributed by atoms with van der Waals surface area (Å²) in [7, 11) is 0. The second kappa shape index (κ2) is 4.80. The van der Waals surface area contributed by atoms with E-state index in [9.17, 15) is 4.79 Å². The zero-order valence-electron chi connectivity index (χ0n) is 10.9. The molecule has 0 atom stereocenters. The van der Waals surface area contributed by atoms with Gasteiger partial charge >= 0.3 is 5.97 Å². The summed E-state index contributed by atoms with van der Waals surface area (Å²) in [6, 6.07) is 6.90. The molecule has 2 heterocycles. The van der Waals surface area contributed by atoms with Gasteiger partial charge in [0.25, 0.3) is 0 Å². The third-order valence-electron chi connectivity index (χ3n) is 3.15. The number of rotatable bonds is 4. The SMILES string of the molecule is CCc1noc(Cn2ccc3cc(C(=O)O)ccc32)n1. The van der Waals surface area contributed by atoms with E-state index in [1.165, 1.54) is 0 Å². The summed E-state index contributed by atoms with van der Waals surface area (Å²) in [4.78, 5) is 15.2. The van der Waals surface area contributed by atoms with Crippen molar-refractivity contribution in [1.82, 2.24) is 14.7 Å². The molecule has 20 heavy (non-hydrogen) atoms. The van der Waals surface area contributed by atoms with Crippen LogP contribution in [0.2, 0.25) is 0 Å². The number of benzene rings is 1. The Kier molecular flexibility index (Phi) is 2.98. The maximum Gasteiger partial charge on any atom is 0.335 e. The lowest BCUT2D eigenvalue weighted by atomic mass is 10.1. The Balaban J connectivity index is 1.94. The van der Waals surface area contributed by atoms with Crippen LogP contribution in [0.3, 0.4) is 0 Å². The second-order valence-corrected chi connectivity index (χ2v) is 4.48. The van der Waals surface area contributed by atoms with Gasteiger partial charge in [-0.3, -0.25) is 0 Å². The molecule has 0 saturated carbocycles. The highest BCUT2D eigenvalue weighted by molar-refractivity contribution is 5.93. The lowest BCUT2D eigenvalue weighted by Gasteiger charge is -2.02. The molecule has 6 nitrogen and oxygen atoms in total. The number of carboxylic acids is 1. The van der Waals surface area contributed by atoms with Crippen molar-refractivity contribution in [3.63, 3.8) is 0 Å². The minimum absolute atomic E-state index is 0.279. The van der Waals surface area contributed by atoms with Gasteiger partial charge in [0.2, 0.25) is 5.89 Å². The lowest BCUT2D eigenvalue weighted by Crippen LogP contribution is -1.99. The summed E-state index contributed by atoms with van der Waals surface area (Å²) in [6.07, 6.45) is 2.62. The number of fused-ring (bicyclic) bond motifs is 1. The van der Waals surface area contributed by atoms with Crippen LogP contribution in [-0.2, 0) is 13.0 Å². The Bertz CT molecular complexity index is 773. The first kappa shape index (κ1) is 12.4. The predicted molar refractivity (Wildman–Crippen MR) is 71.7 cm³/mol. The van der Waals surface area contributed by atoms with Crippen LogP contribution in [0.4, 0.5) is 0 Å². The third-order valence-corrected chi connectivity index (χ3v) is 3.15. The van der Waals surface area contributed by atoms with E-state index in [0.717, 1.165) is 17.3 Å². The van der Waals surface area contributed by atoms with Crippen LogP contribution in [0, 0.1) is 0 Å². The predicted octanol–water partition coefficient (Wildman–Crippen LogP) is 2.33. The zero-order chi connectivity index (χ0) is 14.1. The number of carbonyl (C=O) groups is 1. The molecule has 0 radical (unpaired) electrons. The van der Waals surface area contributed by atoms with Crippen molar-refractivity contribution in [2.45, 2.75) is 19.9 Å². The van der Waals surface area contributed by atoms with Crippen LogP contribution in [0.25, 0.3) is 10.9 Å². The number of aromatic nitrogens is 3. The molecule has 0 unspecified atom stereocenters. The molecule has 0 bridgehead atoms. The number of aryl methyl sites for hydroxylation is 1. The standard InChI is InChI=1S/C14H13N3O3/c1-2-12-15-13(20-16-12)8-17-6-5-9-7-10(14(18)19)3-4-11(9)17/h3-7H,2,8H2,1H3,(H,18,19). The van der Waals surface area contributed by atoms with Crippen molar-refractivity contribution < 1.29 is 14.4 Å². The van der Waals surface area contributed by atoms with Crippen LogP contribution in [0.15, 0.2) is 35.0 Å². The van der Waals surface area contributed by atoms with Gasteiger partial charge in [0.15, 0.2) is 5.82 Å². The van der Waals surface area contributed by atoms with Gasteiger partial charge in [0, 0.05) is 23.5 Å². The third kappa shape index (κ3) is 2.16. The average molecular weight is 271 g/mol. The highest BCUT2D eigenvalue weighted by Crippen LogP contribution is 2.19. The summed E-state index contributed by atoms with van der Waals surface area (Å²) in [5.74, 6) is 0.301. The maximum atomic E-state index is 10.9. The summed E-state index contributed by atoms with van der Waals surface area (Å²) in [5, 5.41) is 13.7.